The lowest BCUT2D eigenvalue weighted by Crippen LogP contribution is -2.36. The molecule has 0 fully saturated rings. The Labute approximate surface area is 131 Å². The number of nitrogens with one attached hydrogen (secondary N) is 1. The summed E-state index contributed by atoms with van der Waals surface area (Å²) >= 11 is 1.67. The monoisotopic (exact) mass is 308 g/mol. The molecule has 0 amide bonds. The van der Waals surface area contributed by atoms with Gasteiger partial charge in [0.05, 0.1) is 5.69 Å². The van der Waals surface area contributed by atoms with Gasteiger partial charge in [0.25, 0.3) is 0 Å². The van der Waals surface area contributed by atoms with Crippen LogP contribution in [-0.4, -0.2) is 15.4 Å². The average molecular weight is 308 g/mol. The molecule has 0 saturated carbocycles. The van der Waals surface area contributed by atoms with Crippen molar-refractivity contribution in [1.29, 1.82) is 0 Å². The third-order valence-corrected chi connectivity index (χ3v) is 4.76. The second kappa shape index (κ2) is 9.18. The van der Waals surface area contributed by atoms with Gasteiger partial charge in [0.15, 0.2) is 4.96 Å². The molecule has 21 heavy (non-hydrogen) atoms. The summed E-state index contributed by atoms with van der Waals surface area (Å²) in [7, 11) is 0. The first-order valence-corrected chi connectivity index (χ1v) is 9.08. The van der Waals surface area contributed by atoms with Crippen molar-refractivity contribution < 1.29 is 0 Å². The van der Waals surface area contributed by atoms with E-state index in [0.29, 0.717) is 6.04 Å². The Hall–Kier alpha value is -0.910. The fourth-order valence-electron chi connectivity index (χ4n) is 2.72. The van der Waals surface area contributed by atoms with E-state index in [4.69, 9.17) is 5.84 Å². The van der Waals surface area contributed by atoms with Crippen molar-refractivity contribution in [3.8, 4) is 0 Å². The van der Waals surface area contributed by atoms with Crippen molar-refractivity contribution in [3.05, 3.63) is 23.5 Å². The maximum Gasteiger partial charge on any atom is 0.193 e. The summed E-state index contributed by atoms with van der Waals surface area (Å²) in [5.74, 6) is 5.69. The minimum Gasteiger partial charge on any atom is -0.297 e. The number of nitrogens with two attached hydrogens (primary N) is 1. The Bertz CT molecular complexity index is 477. The highest BCUT2D eigenvalue weighted by atomic mass is 32.1. The summed E-state index contributed by atoms with van der Waals surface area (Å²) in [4.78, 5) is 5.69. The fraction of sp³-hybridized carbons (Fsp3) is 0.688. The van der Waals surface area contributed by atoms with E-state index in [-0.39, 0.29) is 0 Å². The van der Waals surface area contributed by atoms with Crippen LogP contribution in [0.15, 0.2) is 17.8 Å². The number of imidazole rings is 1. The van der Waals surface area contributed by atoms with Gasteiger partial charge in [-0.15, -0.1) is 11.3 Å². The van der Waals surface area contributed by atoms with E-state index in [1.165, 1.54) is 44.9 Å². The summed E-state index contributed by atoms with van der Waals surface area (Å²) in [6, 6.07) is 0.338. The normalized spacial score (nSPS) is 13.0. The zero-order valence-electron chi connectivity index (χ0n) is 13.1. The predicted octanol–water partition coefficient (Wildman–Crippen LogP) is 3.91. The molecule has 2 aromatic heterocycles. The van der Waals surface area contributed by atoms with E-state index in [0.717, 1.165) is 23.5 Å². The molecule has 0 saturated heterocycles. The number of hydrogen-bond donors (Lipinski definition) is 2. The molecule has 2 aromatic rings. The highest BCUT2D eigenvalue weighted by Crippen LogP contribution is 2.15. The molecule has 0 bridgehead atoms. The van der Waals surface area contributed by atoms with Gasteiger partial charge < -0.3 is 0 Å². The Morgan fingerprint density at radius 1 is 1.24 bits per heavy atom. The quantitative estimate of drug-likeness (QED) is 0.376. The van der Waals surface area contributed by atoms with Crippen LogP contribution >= 0.6 is 11.3 Å². The van der Waals surface area contributed by atoms with Gasteiger partial charge >= 0.3 is 0 Å². The van der Waals surface area contributed by atoms with Crippen molar-refractivity contribution in [1.82, 2.24) is 14.8 Å². The first-order chi connectivity index (χ1) is 10.3. The molecule has 4 nitrogen and oxygen atoms in total. The molecule has 5 heteroatoms. The Kier molecular flexibility index (Phi) is 7.19. The van der Waals surface area contributed by atoms with E-state index in [1.54, 1.807) is 11.3 Å². The second-order valence-corrected chi connectivity index (χ2v) is 6.68. The van der Waals surface area contributed by atoms with E-state index < -0.39 is 0 Å². The Morgan fingerprint density at radius 3 is 2.71 bits per heavy atom. The number of rotatable bonds is 11. The molecular weight excluding hydrogens is 280 g/mol. The maximum absolute atomic E-state index is 5.69. The molecule has 2 heterocycles. The molecule has 2 rings (SSSR count). The SMILES string of the molecule is CCCCCCCCCC(Cc1cn2ccsc2n1)NN. The Balaban J connectivity index is 1.65. The van der Waals surface area contributed by atoms with E-state index >= 15 is 0 Å². The minimum absolute atomic E-state index is 0.338. The largest absolute Gasteiger partial charge is 0.297 e. The van der Waals surface area contributed by atoms with Crippen LogP contribution in [0.2, 0.25) is 0 Å². The summed E-state index contributed by atoms with van der Waals surface area (Å²) < 4.78 is 2.08. The van der Waals surface area contributed by atoms with Gasteiger partial charge in [-0.2, -0.15) is 0 Å². The average Bonchev–Trinajstić information content (AvgIpc) is 3.06. The third kappa shape index (κ3) is 5.41. The minimum atomic E-state index is 0.338. The predicted molar refractivity (Wildman–Crippen MR) is 90.5 cm³/mol. The van der Waals surface area contributed by atoms with E-state index in [9.17, 15) is 0 Å². The first kappa shape index (κ1) is 16.5. The standard InChI is InChI=1S/C16H28N4S/c1-2-3-4-5-6-7-8-9-14(19-17)12-15-13-20-10-11-21-16(20)18-15/h10-11,13-14,19H,2-9,12,17H2,1H3. The van der Waals surface area contributed by atoms with Crippen LogP contribution in [0.1, 0.15) is 64.0 Å². The first-order valence-electron chi connectivity index (χ1n) is 8.20. The number of fused-ring (bicyclic) bond motifs is 1. The number of hydrogen-bond acceptors (Lipinski definition) is 4. The number of aromatic nitrogens is 2. The van der Waals surface area contributed by atoms with Gasteiger partial charge in [-0.3, -0.25) is 15.7 Å². The van der Waals surface area contributed by atoms with E-state index in [1.807, 2.05) is 0 Å². The maximum atomic E-state index is 5.69. The number of hydrazine groups is 1. The highest BCUT2D eigenvalue weighted by Gasteiger charge is 2.10. The zero-order valence-corrected chi connectivity index (χ0v) is 13.9. The van der Waals surface area contributed by atoms with Crippen LogP contribution in [-0.2, 0) is 6.42 Å². The van der Waals surface area contributed by atoms with Crippen molar-refractivity contribution in [2.45, 2.75) is 70.8 Å². The molecule has 0 aliphatic rings. The van der Waals surface area contributed by atoms with Crippen molar-refractivity contribution >= 4 is 16.3 Å². The molecule has 118 valence electrons. The van der Waals surface area contributed by atoms with Crippen LogP contribution in [0.4, 0.5) is 0 Å². The molecule has 0 aromatic carbocycles. The molecule has 0 radical (unpaired) electrons. The molecule has 0 spiro atoms. The molecule has 0 aliphatic carbocycles. The van der Waals surface area contributed by atoms with Gasteiger partial charge in [0, 0.05) is 30.2 Å². The van der Waals surface area contributed by atoms with Crippen molar-refractivity contribution in [3.63, 3.8) is 0 Å². The smallest absolute Gasteiger partial charge is 0.193 e. The molecule has 3 N–H and O–H groups in total. The zero-order chi connectivity index (χ0) is 14.9. The second-order valence-electron chi connectivity index (χ2n) is 5.80. The van der Waals surface area contributed by atoms with Crippen molar-refractivity contribution in [2.75, 3.05) is 0 Å². The van der Waals surface area contributed by atoms with Crippen LogP contribution in [0.3, 0.4) is 0 Å². The molecule has 1 atom stereocenters. The van der Waals surface area contributed by atoms with E-state index in [2.05, 4.69) is 39.5 Å². The highest BCUT2D eigenvalue weighted by molar-refractivity contribution is 7.15. The number of unbranched alkanes of at least 4 members (excludes halogenated alkanes) is 6. The van der Waals surface area contributed by atoms with Gasteiger partial charge in [-0.05, 0) is 6.42 Å². The van der Waals surface area contributed by atoms with Gasteiger partial charge in [-0.25, -0.2) is 4.98 Å². The van der Waals surface area contributed by atoms with Crippen molar-refractivity contribution in [2.24, 2.45) is 5.84 Å². The van der Waals surface area contributed by atoms with Crippen LogP contribution in [0.5, 0.6) is 0 Å². The number of thiazole rings is 1. The van der Waals surface area contributed by atoms with Gasteiger partial charge in [0.1, 0.15) is 0 Å². The Morgan fingerprint density at radius 2 is 2.00 bits per heavy atom. The van der Waals surface area contributed by atoms with Crippen LogP contribution in [0, 0.1) is 0 Å². The lowest BCUT2D eigenvalue weighted by Gasteiger charge is -2.14. The lowest BCUT2D eigenvalue weighted by molar-refractivity contribution is 0.456. The summed E-state index contributed by atoms with van der Waals surface area (Å²) in [5, 5.41) is 2.06. The van der Waals surface area contributed by atoms with Gasteiger partial charge in [-0.1, -0.05) is 51.9 Å². The van der Waals surface area contributed by atoms with Gasteiger partial charge in [0.2, 0.25) is 0 Å². The molecule has 1 unspecified atom stereocenters. The third-order valence-electron chi connectivity index (χ3n) is 3.99. The van der Waals surface area contributed by atoms with Crippen LogP contribution < -0.4 is 11.3 Å². The number of nitrogens with zero attached hydrogens (tertiary/aromatic N) is 2. The fourth-order valence-corrected chi connectivity index (χ4v) is 3.44. The summed E-state index contributed by atoms with van der Waals surface area (Å²) in [5.41, 5.74) is 4.08. The summed E-state index contributed by atoms with van der Waals surface area (Å²) in [6.07, 6.45) is 15.6. The lowest BCUT2D eigenvalue weighted by atomic mass is 10.0. The topological polar surface area (TPSA) is 55.3 Å². The summed E-state index contributed by atoms with van der Waals surface area (Å²) in [6.45, 7) is 2.26. The van der Waals surface area contributed by atoms with Crippen LogP contribution in [0.25, 0.3) is 4.96 Å². The molecular formula is C16H28N4S. The molecule has 0 aliphatic heterocycles.